The van der Waals surface area contributed by atoms with Gasteiger partial charge in [-0.2, -0.15) is 0 Å². The molecular weight excluding hydrogens is 372 g/mol. The van der Waals surface area contributed by atoms with Crippen LogP contribution in [0.1, 0.15) is 24.0 Å². The van der Waals surface area contributed by atoms with Crippen LogP contribution in [0, 0.1) is 0 Å². The number of carbonyl (C=O) groups is 1. The number of thiocarbonyl (C=S) groups is 1. The zero-order valence-corrected chi connectivity index (χ0v) is 16.3. The van der Waals surface area contributed by atoms with E-state index >= 15 is 0 Å². The van der Waals surface area contributed by atoms with Crippen molar-refractivity contribution in [3.8, 4) is 5.75 Å². The van der Waals surface area contributed by atoms with E-state index < -0.39 is 0 Å². The van der Waals surface area contributed by atoms with Crippen LogP contribution in [0.25, 0.3) is 6.08 Å². The number of benzene rings is 2. The summed E-state index contributed by atoms with van der Waals surface area (Å²) in [7, 11) is 0. The normalized spacial score (nSPS) is 20.6. The van der Waals surface area contributed by atoms with Gasteiger partial charge in [0.05, 0.1) is 12.6 Å². The Hall–Kier alpha value is -2.70. The largest absolute Gasteiger partial charge is 0.488 e. The first-order valence-electron chi connectivity index (χ1n) is 9.42. The summed E-state index contributed by atoms with van der Waals surface area (Å²) in [6.07, 6.45) is 3.85. The minimum atomic E-state index is -0.127. The van der Waals surface area contributed by atoms with Crippen LogP contribution in [0.3, 0.4) is 0 Å². The third-order valence-corrected chi connectivity index (χ3v) is 5.15. The summed E-state index contributed by atoms with van der Waals surface area (Å²) in [5, 5.41) is 3.46. The summed E-state index contributed by atoms with van der Waals surface area (Å²) >= 11 is 5.36. The Morgan fingerprint density at radius 2 is 1.96 bits per heavy atom. The van der Waals surface area contributed by atoms with E-state index in [-0.39, 0.29) is 12.0 Å². The Labute approximate surface area is 169 Å². The van der Waals surface area contributed by atoms with E-state index in [1.165, 1.54) is 0 Å². The van der Waals surface area contributed by atoms with Crippen molar-refractivity contribution in [1.82, 2.24) is 10.2 Å². The number of ether oxygens (including phenoxy) is 2. The van der Waals surface area contributed by atoms with E-state index in [0.29, 0.717) is 24.0 Å². The van der Waals surface area contributed by atoms with Gasteiger partial charge >= 0.3 is 0 Å². The predicted octanol–water partition coefficient (Wildman–Crippen LogP) is 3.50. The van der Waals surface area contributed by atoms with Crippen LogP contribution in [0.5, 0.6) is 5.75 Å². The number of para-hydroxylation sites is 1. The molecule has 1 amide bonds. The fourth-order valence-corrected chi connectivity index (χ4v) is 3.62. The quantitative estimate of drug-likeness (QED) is 0.600. The third-order valence-electron chi connectivity index (χ3n) is 4.83. The Balaban J connectivity index is 1.49. The molecule has 2 heterocycles. The standard InChI is InChI=1S/C22H22N2O3S/c25-21-19(23-22(28)24(21)14-18-10-6-12-26-18)13-17-9-4-5-11-20(17)27-15-16-7-2-1-3-8-16/h1-5,7-9,11,13,18H,6,10,12,14-15H2,(H,23,28)/b19-13+. The minimum absolute atomic E-state index is 0.0598. The van der Waals surface area contributed by atoms with E-state index in [1.807, 2.05) is 54.6 Å². The topological polar surface area (TPSA) is 50.8 Å². The highest BCUT2D eigenvalue weighted by Crippen LogP contribution is 2.24. The number of hydrogen-bond donors (Lipinski definition) is 1. The molecule has 2 aromatic carbocycles. The first-order chi connectivity index (χ1) is 13.7. The molecule has 5 nitrogen and oxygen atoms in total. The molecule has 2 aliphatic heterocycles. The number of amides is 1. The van der Waals surface area contributed by atoms with Gasteiger partial charge in [-0.25, -0.2) is 0 Å². The zero-order chi connectivity index (χ0) is 19.3. The zero-order valence-electron chi connectivity index (χ0n) is 15.5. The van der Waals surface area contributed by atoms with Gasteiger partial charge in [0.1, 0.15) is 18.1 Å². The van der Waals surface area contributed by atoms with Crippen molar-refractivity contribution in [3.63, 3.8) is 0 Å². The highest BCUT2D eigenvalue weighted by Gasteiger charge is 2.33. The van der Waals surface area contributed by atoms with Crippen molar-refractivity contribution in [2.75, 3.05) is 13.2 Å². The molecule has 0 aliphatic carbocycles. The van der Waals surface area contributed by atoms with Crippen LogP contribution >= 0.6 is 12.2 Å². The average Bonchev–Trinajstić information content (AvgIpc) is 3.32. The second-order valence-electron chi connectivity index (χ2n) is 6.85. The van der Waals surface area contributed by atoms with Crippen molar-refractivity contribution >= 4 is 29.3 Å². The maximum absolute atomic E-state index is 12.8. The Morgan fingerprint density at radius 1 is 1.18 bits per heavy atom. The summed E-state index contributed by atoms with van der Waals surface area (Å²) in [5.74, 6) is 0.593. The Morgan fingerprint density at radius 3 is 2.75 bits per heavy atom. The number of nitrogens with zero attached hydrogens (tertiary/aromatic N) is 1. The smallest absolute Gasteiger partial charge is 0.276 e. The fourth-order valence-electron chi connectivity index (χ4n) is 3.35. The van der Waals surface area contributed by atoms with Crippen LogP contribution in [0.2, 0.25) is 0 Å². The van der Waals surface area contributed by atoms with Crippen molar-refractivity contribution in [1.29, 1.82) is 0 Å². The van der Waals surface area contributed by atoms with Gasteiger partial charge < -0.3 is 14.8 Å². The highest BCUT2D eigenvalue weighted by molar-refractivity contribution is 7.80. The molecule has 28 heavy (non-hydrogen) atoms. The van der Waals surface area contributed by atoms with Gasteiger partial charge in [0, 0.05) is 12.2 Å². The first-order valence-corrected chi connectivity index (χ1v) is 9.83. The number of rotatable bonds is 6. The van der Waals surface area contributed by atoms with Gasteiger partial charge in [0.15, 0.2) is 5.11 Å². The molecule has 1 atom stereocenters. The van der Waals surface area contributed by atoms with Gasteiger partial charge in [0.2, 0.25) is 0 Å². The van der Waals surface area contributed by atoms with Crippen LogP contribution < -0.4 is 10.1 Å². The minimum Gasteiger partial charge on any atom is -0.488 e. The maximum atomic E-state index is 12.8. The monoisotopic (exact) mass is 394 g/mol. The maximum Gasteiger partial charge on any atom is 0.276 e. The Bertz CT molecular complexity index is 892. The van der Waals surface area contributed by atoms with Crippen molar-refractivity contribution in [2.24, 2.45) is 0 Å². The number of carbonyl (C=O) groups excluding carboxylic acids is 1. The molecule has 2 fully saturated rings. The van der Waals surface area contributed by atoms with E-state index in [9.17, 15) is 4.79 Å². The van der Waals surface area contributed by atoms with Gasteiger partial charge in [0.25, 0.3) is 5.91 Å². The second kappa shape index (κ2) is 8.54. The lowest BCUT2D eigenvalue weighted by Gasteiger charge is -2.18. The molecule has 0 aromatic heterocycles. The van der Waals surface area contributed by atoms with Gasteiger partial charge in [-0.3, -0.25) is 9.69 Å². The molecule has 0 saturated carbocycles. The van der Waals surface area contributed by atoms with Gasteiger partial charge in [-0.05, 0) is 42.8 Å². The first kappa shape index (κ1) is 18.7. The number of nitrogens with one attached hydrogen (secondary N) is 1. The van der Waals surface area contributed by atoms with Gasteiger partial charge in [-0.15, -0.1) is 0 Å². The molecule has 4 rings (SSSR count). The molecule has 0 bridgehead atoms. The van der Waals surface area contributed by atoms with Crippen LogP contribution in [0.4, 0.5) is 0 Å². The van der Waals surface area contributed by atoms with E-state index in [2.05, 4.69) is 5.32 Å². The lowest BCUT2D eigenvalue weighted by Crippen LogP contribution is -2.37. The van der Waals surface area contributed by atoms with E-state index in [1.54, 1.807) is 11.0 Å². The molecule has 6 heteroatoms. The van der Waals surface area contributed by atoms with Crippen molar-refractivity contribution in [2.45, 2.75) is 25.6 Å². The molecule has 0 spiro atoms. The highest BCUT2D eigenvalue weighted by atomic mass is 32.1. The van der Waals surface area contributed by atoms with Crippen molar-refractivity contribution < 1.29 is 14.3 Å². The summed E-state index contributed by atoms with van der Waals surface area (Å²) in [6.45, 7) is 1.71. The molecule has 144 valence electrons. The molecule has 0 radical (unpaired) electrons. The SMILES string of the molecule is O=C1/C(=C\c2ccccc2OCc2ccccc2)NC(=S)N1CC1CCCO1. The summed E-state index contributed by atoms with van der Waals surface area (Å²) in [4.78, 5) is 14.4. The molecular formula is C22H22N2O3S. The van der Waals surface area contributed by atoms with E-state index in [0.717, 1.165) is 36.3 Å². The third kappa shape index (κ3) is 4.24. The number of hydrogen-bond acceptors (Lipinski definition) is 4. The Kier molecular flexibility index (Phi) is 5.69. The van der Waals surface area contributed by atoms with Crippen LogP contribution in [0.15, 0.2) is 60.3 Å². The second-order valence-corrected chi connectivity index (χ2v) is 7.24. The fraction of sp³-hybridized carbons (Fsp3) is 0.273. The lowest BCUT2D eigenvalue weighted by molar-refractivity contribution is -0.123. The average molecular weight is 394 g/mol. The molecule has 2 saturated heterocycles. The summed E-state index contributed by atoms with van der Waals surface area (Å²) in [5.41, 5.74) is 2.37. The van der Waals surface area contributed by atoms with Crippen LogP contribution in [-0.4, -0.2) is 35.2 Å². The molecule has 2 aromatic rings. The molecule has 2 aliphatic rings. The van der Waals surface area contributed by atoms with Crippen LogP contribution in [-0.2, 0) is 16.1 Å². The molecule has 1 unspecified atom stereocenters. The van der Waals surface area contributed by atoms with Crippen molar-refractivity contribution in [3.05, 3.63) is 71.4 Å². The van der Waals surface area contributed by atoms with E-state index in [4.69, 9.17) is 21.7 Å². The summed E-state index contributed by atoms with van der Waals surface area (Å²) < 4.78 is 11.6. The lowest BCUT2D eigenvalue weighted by atomic mass is 10.1. The van der Waals surface area contributed by atoms with Gasteiger partial charge in [-0.1, -0.05) is 48.5 Å². The predicted molar refractivity (Wildman–Crippen MR) is 112 cm³/mol. The molecule has 1 N–H and O–H groups in total. The summed E-state index contributed by atoms with van der Waals surface area (Å²) in [6, 6.07) is 17.6.